The zero-order valence-electron chi connectivity index (χ0n) is 8.84. The molecule has 0 amide bonds. The summed E-state index contributed by atoms with van der Waals surface area (Å²) in [5.74, 6) is -0.362. The molecule has 0 spiro atoms. The van der Waals surface area contributed by atoms with Crippen LogP contribution in [0.5, 0.6) is 0 Å². The highest BCUT2D eigenvalue weighted by Crippen LogP contribution is 2.28. The van der Waals surface area contributed by atoms with Gasteiger partial charge in [0.1, 0.15) is 6.10 Å². The van der Waals surface area contributed by atoms with Crippen molar-refractivity contribution in [2.75, 3.05) is 20.3 Å². The molecular weight excluding hydrogens is 168 g/mol. The van der Waals surface area contributed by atoms with E-state index in [2.05, 4.69) is 6.92 Å². The number of methoxy groups -OCH3 is 1. The topological polar surface area (TPSA) is 27.7 Å². The number of unbranched alkanes of at least 4 members (excludes halogenated alkanes) is 1. The van der Waals surface area contributed by atoms with E-state index in [0.717, 1.165) is 12.8 Å². The van der Waals surface area contributed by atoms with Crippen molar-refractivity contribution >= 4 is 0 Å². The van der Waals surface area contributed by atoms with Crippen LogP contribution >= 0.6 is 0 Å². The average molecular weight is 188 g/mol. The van der Waals surface area contributed by atoms with Crippen molar-refractivity contribution in [3.05, 3.63) is 0 Å². The van der Waals surface area contributed by atoms with Gasteiger partial charge in [0.2, 0.25) is 0 Å². The van der Waals surface area contributed by atoms with Gasteiger partial charge in [-0.1, -0.05) is 13.3 Å². The summed E-state index contributed by atoms with van der Waals surface area (Å²) < 4.78 is 16.4. The lowest BCUT2D eigenvalue weighted by atomic mass is 10.1. The van der Waals surface area contributed by atoms with Gasteiger partial charge < -0.3 is 14.2 Å². The quantitative estimate of drug-likeness (QED) is 0.660. The van der Waals surface area contributed by atoms with E-state index < -0.39 is 0 Å². The zero-order chi connectivity index (χ0) is 9.73. The summed E-state index contributed by atoms with van der Waals surface area (Å²) in [5.41, 5.74) is 0. The number of ether oxygens (including phenoxy) is 3. The molecule has 0 aromatic heterocycles. The molecule has 78 valence electrons. The molecule has 0 N–H and O–H groups in total. The van der Waals surface area contributed by atoms with Gasteiger partial charge in [0.05, 0.1) is 13.2 Å². The largest absolute Gasteiger partial charge is 0.382 e. The van der Waals surface area contributed by atoms with E-state index in [-0.39, 0.29) is 11.9 Å². The Balaban J connectivity index is 2.28. The van der Waals surface area contributed by atoms with Crippen molar-refractivity contribution in [1.29, 1.82) is 0 Å². The second-order valence-corrected chi connectivity index (χ2v) is 3.74. The second-order valence-electron chi connectivity index (χ2n) is 3.74. The Kier molecular flexibility index (Phi) is 4.16. The van der Waals surface area contributed by atoms with Crippen molar-refractivity contribution in [3.8, 4) is 0 Å². The Bertz CT molecular complexity index is 149. The van der Waals surface area contributed by atoms with Crippen LogP contribution in [-0.2, 0) is 14.2 Å². The van der Waals surface area contributed by atoms with Crippen LogP contribution in [-0.4, -0.2) is 32.2 Å². The van der Waals surface area contributed by atoms with Gasteiger partial charge in [-0.2, -0.15) is 0 Å². The molecule has 0 saturated carbocycles. The summed E-state index contributed by atoms with van der Waals surface area (Å²) in [6.07, 6.45) is 3.42. The predicted molar refractivity (Wildman–Crippen MR) is 50.6 cm³/mol. The highest BCUT2D eigenvalue weighted by Gasteiger charge is 2.36. The predicted octanol–water partition coefficient (Wildman–Crippen LogP) is 1.95. The molecular formula is C10H20O3. The van der Waals surface area contributed by atoms with E-state index in [1.807, 2.05) is 6.92 Å². The second kappa shape index (κ2) is 4.94. The number of hydrogen-bond donors (Lipinski definition) is 0. The van der Waals surface area contributed by atoms with Crippen molar-refractivity contribution in [1.82, 2.24) is 0 Å². The standard InChI is InChI=1S/C10H20O3/c1-4-5-6-10(2)12-8-9(13-10)7-11-3/h9H,4-8H2,1-3H3. The molecule has 1 aliphatic rings. The van der Waals surface area contributed by atoms with Crippen molar-refractivity contribution in [3.63, 3.8) is 0 Å². The lowest BCUT2D eigenvalue weighted by Gasteiger charge is -2.22. The molecule has 0 radical (unpaired) electrons. The maximum absolute atomic E-state index is 5.74. The first-order valence-electron chi connectivity index (χ1n) is 5.01. The van der Waals surface area contributed by atoms with Crippen molar-refractivity contribution < 1.29 is 14.2 Å². The maximum atomic E-state index is 5.74. The average Bonchev–Trinajstić information content (AvgIpc) is 2.46. The summed E-state index contributed by atoms with van der Waals surface area (Å²) >= 11 is 0. The molecule has 13 heavy (non-hydrogen) atoms. The van der Waals surface area contributed by atoms with Crippen LogP contribution in [0.25, 0.3) is 0 Å². The Labute approximate surface area is 80.4 Å². The number of hydrogen-bond acceptors (Lipinski definition) is 3. The minimum atomic E-state index is -0.362. The third-order valence-corrected chi connectivity index (χ3v) is 2.33. The lowest BCUT2D eigenvalue weighted by molar-refractivity contribution is -0.163. The molecule has 0 aliphatic carbocycles. The maximum Gasteiger partial charge on any atom is 0.166 e. The Morgan fingerprint density at radius 3 is 2.92 bits per heavy atom. The summed E-state index contributed by atoms with van der Waals surface area (Å²) in [7, 11) is 1.69. The van der Waals surface area contributed by atoms with Gasteiger partial charge in [0.25, 0.3) is 0 Å². The molecule has 1 rings (SSSR count). The summed E-state index contributed by atoms with van der Waals surface area (Å²) in [4.78, 5) is 0. The molecule has 0 aromatic carbocycles. The molecule has 2 atom stereocenters. The minimum Gasteiger partial charge on any atom is -0.382 e. The van der Waals surface area contributed by atoms with Crippen molar-refractivity contribution in [2.45, 2.75) is 45.0 Å². The molecule has 3 nitrogen and oxygen atoms in total. The van der Waals surface area contributed by atoms with Crippen LogP contribution in [0.2, 0.25) is 0 Å². The fourth-order valence-electron chi connectivity index (χ4n) is 1.59. The monoisotopic (exact) mass is 188 g/mol. The molecule has 2 unspecified atom stereocenters. The van der Waals surface area contributed by atoms with Gasteiger partial charge in [-0.15, -0.1) is 0 Å². The molecule has 1 aliphatic heterocycles. The summed E-state index contributed by atoms with van der Waals surface area (Å²) in [6.45, 7) is 5.47. The molecule has 0 bridgehead atoms. The first kappa shape index (κ1) is 11.0. The van der Waals surface area contributed by atoms with Crippen molar-refractivity contribution in [2.24, 2.45) is 0 Å². The molecule has 1 fully saturated rings. The van der Waals surface area contributed by atoms with Gasteiger partial charge >= 0.3 is 0 Å². The molecule has 0 aromatic rings. The smallest absolute Gasteiger partial charge is 0.166 e. The molecule has 1 saturated heterocycles. The third-order valence-electron chi connectivity index (χ3n) is 2.33. The molecule has 1 heterocycles. The van der Waals surface area contributed by atoms with E-state index in [1.54, 1.807) is 7.11 Å². The first-order valence-corrected chi connectivity index (χ1v) is 5.01. The van der Waals surface area contributed by atoms with Gasteiger partial charge in [-0.25, -0.2) is 0 Å². The Morgan fingerprint density at radius 2 is 2.31 bits per heavy atom. The Hall–Kier alpha value is -0.120. The van der Waals surface area contributed by atoms with E-state index in [0.29, 0.717) is 13.2 Å². The summed E-state index contributed by atoms with van der Waals surface area (Å²) in [5, 5.41) is 0. The van der Waals surface area contributed by atoms with Crippen LogP contribution in [0, 0.1) is 0 Å². The fourth-order valence-corrected chi connectivity index (χ4v) is 1.59. The Morgan fingerprint density at radius 1 is 1.54 bits per heavy atom. The van der Waals surface area contributed by atoms with Crippen LogP contribution < -0.4 is 0 Å². The zero-order valence-corrected chi connectivity index (χ0v) is 8.84. The van der Waals surface area contributed by atoms with Gasteiger partial charge in [0, 0.05) is 13.5 Å². The SMILES string of the molecule is CCCCC1(C)OCC(COC)O1. The van der Waals surface area contributed by atoms with E-state index in [1.165, 1.54) is 6.42 Å². The van der Waals surface area contributed by atoms with Crippen LogP contribution in [0.3, 0.4) is 0 Å². The van der Waals surface area contributed by atoms with Crippen LogP contribution in [0.4, 0.5) is 0 Å². The normalized spacial score (nSPS) is 33.9. The van der Waals surface area contributed by atoms with E-state index in [4.69, 9.17) is 14.2 Å². The van der Waals surface area contributed by atoms with Crippen LogP contribution in [0.1, 0.15) is 33.1 Å². The highest BCUT2D eigenvalue weighted by molar-refractivity contribution is 4.74. The van der Waals surface area contributed by atoms with Gasteiger partial charge in [-0.05, 0) is 13.3 Å². The fraction of sp³-hybridized carbons (Fsp3) is 1.00. The summed E-state index contributed by atoms with van der Waals surface area (Å²) in [6, 6.07) is 0. The van der Waals surface area contributed by atoms with Gasteiger partial charge in [-0.3, -0.25) is 0 Å². The van der Waals surface area contributed by atoms with Gasteiger partial charge in [0.15, 0.2) is 5.79 Å². The first-order chi connectivity index (χ1) is 6.20. The third kappa shape index (κ3) is 3.25. The highest BCUT2D eigenvalue weighted by atomic mass is 16.7. The lowest BCUT2D eigenvalue weighted by Crippen LogP contribution is -2.27. The molecule has 3 heteroatoms. The number of rotatable bonds is 5. The van der Waals surface area contributed by atoms with E-state index >= 15 is 0 Å². The van der Waals surface area contributed by atoms with Crippen LogP contribution in [0.15, 0.2) is 0 Å². The van der Waals surface area contributed by atoms with E-state index in [9.17, 15) is 0 Å². The minimum absolute atomic E-state index is 0.117.